The first-order valence-electron chi connectivity index (χ1n) is 9.38. The second kappa shape index (κ2) is 6.89. The van der Waals surface area contributed by atoms with Crippen molar-refractivity contribution in [2.45, 2.75) is 52.4 Å². The molecule has 0 saturated carbocycles. The highest BCUT2D eigenvalue weighted by Crippen LogP contribution is 2.41. The molecule has 0 aliphatic carbocycles. The van der Waals surface area contributed by atoms with Crippen molar-refractivity contribution in [3.63, 3.8) is 0 Å². The van der Waals surface area contributed by atoms with Crippen LogP contribution in [0.5, 0.6) is 5.75 Å². The van der Waals surface area contributed by atoms with Crippen LogP contribution in [0.4, 0.5) is 5.69 Å². The highest BCUT2D eigenvalue weighted by Gasteiger charge is 2.26. The summed E-state index contributed by atoms with van der Waals surface area (Å²) in [7, 11) is 0. The Balaban J connectivity index is 2.02. The quantitative estimate of drug-likeness (QED) is 0.507. The number of aromatic nitrogens is 1. The summed E-state index contributed by atoms with van der Waals surface area (Å²) in [5, 5.41) is 19.8. The van der Waals surface area contributed by atoms with Crippen LogP contribution in [0.25, 0.3) is 10.9 Å². The fourth-order valence-electron chi connectivity index (χ4n) is 3.23. The number of para-hydroxylation sites is 1. The predicted octanol–water partition coefficient (Wildman–Crippen LogP) is 6.39. The van der Waals surface area contributed by atoms with Crippen molar-refractivity contribution in [1.82, 2.24) is 4.98 Å². The number of azo groups is 1. The third-order valence-corrected chi connectivity index (χ3v) is 4.79. The van der Waals surface area contributed by atoms with Gasteiger partial charge in [-0.1, -0.05) is 59.7 Å². The molecular weight excluding hydrogens is 350 g/mol. The van der Waals surface area contributed by atoms with Gasteiger partial charge in [0.2, 0.25) is 0 Å². The van der Waals surface area contributed by atoms with Crippen LogP contribution < -0.4 is 0 Å². The fraction of sp³-hybridized carbons (Fsp3) is 0.348. The molecule has 2 N–H and O–H groups in total. The number of carbonyl (C=O) groups excluding carboxylic acids is 1. The van der Waals surface area contributed by atoms with Gasteiger partial charge in [-0.3, -0.25) is 4.79 Å². The minimum atomic E-state index is -0.403. The monoisotopic (exact) mass is 377 g/mol. The van der Waals surface area contributed by atoms with Crippen molar-refractivity contribution in [1.29, 1.82) is 0 Å². The molecule has 5 heteroatoms. The maximum atomic E-state index is 12.6. The van der Waals surface area contributed by atoms with Crippen molar-refractivity contribution in [2.75, 3.05) is 0 Å². The average Bonchev–Trinajstić information content (AvgIpc) is 3.02. The van der Waals surface area contributed by atoms with Crippen molar-refractivity contribution < 1.29 is 9.90 Å². The Morgan fingerprint density at radius 3 is 2.11 bits per heavy atom. The molecule has 2 aromatic carbocycles. The lowest BCUT2D eigenvalue weighted by Gasteiger charge is -2.27. The van der Waals surface area contributed by atoms with E-state index in [1.807, 2.05) is 65.8 Å². The van der Waals surface area contributed by atoms with E-state index in [0.29, 0.717) is 11.3 Å². The van der Waals surface area contributed by atoms with Crippen LogP contribution in [-0.2, 0) is 10.8 Å². The molecule has 0 atom stereocenters. The maximum Gasteiger partial charge on any atom is 0.297 e. The second-order valence-electron chi connectivity index (χ2n) is 9.14. The van der Waals surface area contributed by atoms with Gasteiger partial charge < -0.3 is 10.1 Å². The molecule has 3 aromatic rings. The van der Waals surface area contributed by atoms with Crippen molar-refractivity contribution in [2.24, 2.45) is 10.2 Å². The molecule has 1 amide bonds. The first-order chi connectivity index (χ1) is 13.0. The smallest absolute Gasteiger partial charge is 0.297 e. The lowest BCUT2D eigenvalue weighted by atomic mass is 9.79. The molecule has 5 nitrogen and oxygen atoms in total. The van der Waals surface area contributed by atoms with Gasteiger partial charge in [0, 0.05) is 28.2 Å². The molecule has 0 fully saturated rings. The summed E-state index contributed by atoms with van der Waals surface area (Å²) in [6.45, 7) is 12.2. The number of amides is 1. The number of phenolic OH excluding ortho intramolecular Hbond substituents is 1. The van der Waals surface area contributed by atoms with Crippen LogP contribution in [0.3, 0.4) is 0 Å². The van der Waals surface area contributed by atoms with E-state index in [0.717, 1.165) is 22.0 Å². The third kappa shape index (κ3) is 3.84. The normalized spacial score (nSPS) is 12.8. The third-order valence-electron chi connectivity index (χ3n) is 4.79. The van der Waals surface area contributed by atoms with Crippen LogP contribution in [0.2, 0.25) is 0 Å². The number of phenols is 1. The van der Waals surface area contributed by atoms with E-state index >= 15 is 0 Å². The van der Waals surface area contributed by atoms with E-state index in [1.165, 1.54) is 0 Å². The molecule has 146 valence electrons. The molecule has 1 heterocycles. The van der Waals surface area contributed by atoms with E-state index in [1.54, 1.807) is 18.3 Å². The molecule has 28 heavy (non-hydrogen) atoms. The van der Waals surface area contributed by atoms with E-state index in [4.69, 9.17) is 0 Å². The van der Waals surface area contributed by atoms with Gasteiger partial charge in [0.15, 0.2) is 0 Å². The number of rotatable bonds is 2. The van der Waals surface area contributed by atoms with E-state index in [9.17, 15) is 9.90 Å². The van der Waals surface area contributed by atoms with Gasteiger partial charge in [-0.15, -0.1) is 10.2 Å². The number of nitrogens with one attached hydrogen (secondary N) is 1. The Labute approximate surface area is 165 Å². The van der Waals surface area contributed by atoms with Gasteiger partial charge in [0.25, 0.3) is 5.91 Å². The Kier molecular flexibility index (Phi) is 4.88. The first-order valence-corrected chi connectivity index (χ1v) is 9.38. The Morgan fingerprint density at radius 1 is 0.964 bits per heavy atom. The zero-order valence-corrected chi connectivity index (χ0v) is 17.3. The Morgan fingerprint density at radius 2 is 1.54 bits per heavy atom. The summed E-state index contributed by atoms with van der Waals surface area (Å²) in [6, 6.07) is 11.2. The minimum absolute atomic E-state index is 0.267. The van der Waals surface area contributed by atoms with Gasteiger partial charge in [0.1, 0.15) is 5.75 Å². The van der Waals surface area contributed by atoms with Crippen LogP contribution in [0.1, 0.15) is 63.0 Å². The SMILES string of the molecule is CC(C)(C)c1cc(N=NC(=O)c2c[nH]c3ccccc23)cc(C(C)(C)C)c1O. The van der Waals surface area contributed by atoms with Gasteiger partial charge >= 0.3 is 0 Å². The average molecular weight is 377 g/mol. The lowest BCUT2D eigenvalue weighted by molar-refractivity contribution is 0.0996. The molecule has 0 aliphatic rings. The van der Waals surface area contributed by atoms with Crippen LogP contribution >= 0.6 is 0 Å². The number of nitrogens with zero attached hydrogens (tertiary/aromatic N) is 2. The lowest BCUT2D eigenvalue weighted by Crippen LogP contribution is -2.16. The molecule has 0 radical (unpaired) electrons. The van der Waals surface area contributed by atoms with E-state index < -0.39 is 5.91 Å². The van der Waals surface area contributed by atoms with Gasteiger partial charge in [-0.2, -0.15) is 0 Å². The highest BCUT2D eigenvalue weighted by atomic mass is 16.3. The molecular formula is C23H27N3O2. The van der Waals surface area contributed by atoms with Gasteiger partial charge in [0.05, 0.1) is 11.3 Å². The fourth-order valence-corrected chi connectivity index (χ4v) is 3.23. The molecule has 0 aliphatic heterocycles. The van der Waals surface area contributed by atoms with Gasteiger partial charge in [-0.25, -0.2) is 0 Å². The minimum Gasteiger partial charge on any atom is -0.507 e. The standard InChI is InChI=1S/C23H27N3O2/c1-22(2,3)17-11-14(12-18(20(17)27)23(4,5)6)25-26-21(28)16-13-24-19-10-8-7-9-15(16)19/h7-13,24,27H,1-6H3. The van der Waals surface area contributed by atoms with E-state index in [2.05, 4.69) is 15.2 Å². The number of carbonyl (C=O) groups is 1. The van der Waals surface area contributed by atoms with Crippen LogP contribution in [0, 0.1) is 0 Å². The summed E-state index contributed by atoms with van der Waals surface area (Å²) in [5.41, 5.74) is 2.97. The number of fused-ring (bicyclic) bond motifs is 1. The van der Waals surface area contributed by atoms with Crippen molar-refractivity contribution in [3.8, 4) is 5.75 Å². The second-order valence-corrected chi connectivity index (χ2v) is 9.14. The maximum absolute atomic E-state index is 12.6. The topological polar surface area (TPSA) is 77.8 Å². The summed E-state index contributed by atoms with van der Waals surface area (Å²) < 4.78 is 0. The predicted molar refractivity (Wildman–Crippen MR) is 113 cm³/mol. The molecule has 0 saturated heterocycles. The summed E-state index contributed by atoms with van der Waals surface area (Å²) >= 11 is 0. The molecule has 3 rings (SSSR count). The van der Waals surface area contributed by atoms with Gasteiger partial charge in [-0.05, 0) is 29.0 Å². The number of aromatic amines is 1. The van der Waals surface area contributed by atoms with Crippen LogP contribution in [-0.4, -0.2) is 16.0 Å². The zero-order chi connectivity index (χ0) is 20.7. The molecule has 0 spiro atoms. The Hall–Kier alpha value is -2.95. The number of aromatic hydroxyl groups is 1. The summed E-state index contributed by atoms with van der Waals surface area (Å²) in [4.78, 5) is 15.7. The zero-order valence-electron chi connectivity index (χ0n) is 17.3. The highest BCUT2D eigenvalue weighted by molar-refractivity contribution is 6.06. The van der Waals surface area contributed by atoms with Crippen molar-refractivity contribution in [3.05, 3.63) is 59.3 Å². The summed E-state index contributed by atoms with van der Waals surface area (Å²) in [6.07, 6.45) is 1.66. The van der Waals surface area contributed by atoms with Crippen molar-refractivity contribution >= 4 is 22.5 Å². The molecule has 0 unspecified atom stereocenters. The molecule has 1 aromatic heterocycles. The first kappa shape index (κ1) is 19.8. The molecule has 0 bridgehead atoms. The van der Waals surface area contributed by atoms with E-state index in [-0.39, 0.29) is 16.6 Å². The van der Waals surface area contributed by atoms with Crippen LogP contribution in [0.15, 0.2) is 52.8 Å². The largest absolute Gasteiger partial charge is 0.507 e. The summed E-state index contributed by atoms with van der Waals surface area (Å²) in [5.74, 6) is -0.123. The number of benzene rings is 2. The number of H-pyrrole nitrogens is 1. The Bertz CT molecular complexity index is 1030. The number of hydrogen-bond donors (Lipinski definition) is 2. The number of hydrogen-bond acceptors (Lipinski definition) is 3.